The fraction of sp³-hybridized carbons (Fsp3) is 0.933. The highest BCUT2D eigenvalue weighted by Crippen LogP contribution is 2.34. The minimum Gasteiger partial charge on any atom is -0.396 e. The van der Waals surface area contributed by atoms with Gasteiger partial charge in [0.05, 0.1) is 5.41 Å². The predicted molar refractivity (Wildman–Crippen MR) is 77.9 cm³/mol. The van der Waals surface area contributed by atoms with Crippen LogP contribution in [-0.2, 0) is 4.79 Å². The molecule has 0 spiro atoms. The molecule has 0 radical (unpaired) electrons. The Hall–Kier alpha value is -0.610. The van der Waals surface area contributed by atoms with Crippen LogP contribution in [0.25, 0.3) is 0 Å². The van der Waals surface area contributed by atoms with E-state index < -0.39 is 0 Å². The van der Waals surface area contributed by atoms with E-state index in [2.05, 4.69) is 31.4 Å². The smallest absolute Gasteiger partial charge is 0.226 e. The summed E-state index contributed by atoms with van der Waals surface area (Å²) >= 11 is 0. The Morgan fingerprint density at radius 2 is 2.00 bits per heavy atom. The summed E-state index contributed by atoms with van der Waals surface area (Å²) in [4.78, 5) is 12.7. The van der Waals surface area contributed by atoms with Crippen LogP contribution in [0.15, 0.2) is 0 Å². The van der Waals surface area contributed by atoms with Crippen LogP contribution >= 0.6 is 0 Å². The van der Waals surface area contributed by atoms with E-state index in [1.807, 2.05) is 0 Å². The maximum Gasteiger partial charge on any atom is 0.226 e. The van der Waals surface area contributed by atoms with Crippen LogP contribution in [0.4, 0.5) is 0 Å². The number of amides is 1. The summed E-state index contributed by atoms with van der Waals surface area (Å²) in [6.45, 7) is 8.32. The van der Waals surface area contributed by atoms with Crippen LogP contribution < -0.4 is 10.6 Å². The molecule has 4 nitrogen and oxygen atoms in total. The summed E-state index contributed by atoms with van der Waals surface area (Å²) in [5, 5.41) is 15.6. The lowest BCUT2D eigenvalue weighted by atomic mass is 9.74. The zero-order chi connectivity index (χ0) is 14.3. The number of piperidine rings is 1. The van der Waals surface area contributed by atoms with Crippen LogP contribution in [-0.4, -0.2) is 36.8 Å². The summed E-state index contributed by atoms with van der Waals surface area (Å²) in [6, 6.07) is 0.0844. The van der Waals surface area contributed by atoms with Gasteiger partial charge in [-0.2, -0.15) is 0 Å². The SMILES string of the molecule is CCCC1(C(=O)NC(CCO)C(C)C)CCNCC1. The van der Waals surface area contributed by atoms with Crippen LogP contribution in [0.5, 0.6) is 0 Å². The average molecular weight is 270 g/mol. The third kappa shape index (κ3) is 4.46. The molecule has 0 aromatic carbocycles. The highest BCUT2D eigenvalue weighted by molar-refractivity contribution is 5.83. The van der Waals surface area contributed by atoms with Crippen molar-refractivity contribution in [2.24, 2.45) is 11.3 Å². The molecule has 1 atom stereocenters. The Labute approximate surface area is 117 Å². The van der Waals surface area contributed by atoms with Gasteiger partial charge in [-0.25, -0.2) is 0 Å². The Morgan fingerprint density at radius 1 is 1.37 bits per heavy atom. The fourth-order valence-electron chi connectivity index (χ4n) is 3.01. The zero-order valence-electron chi connectivity index (χ0n) is 12.7. The first-order valence-corrected chi connectivity index (χ1v) is 7.68. The number of aliphatic hydroxyl groups is 1. The number of nitrogens with one attached hydrogen (secondary N) is 2. The summed E-state index contributed by atoms with van der Waals surface area (Å²) in [6.07, 6.45) is 4.50. The summed E-state index contributed by atoms with van der Waals surface area (Å²) in [5.74, 6) is 0.555. The topological polar surface area (TPSA) is 61.4 Å². The molecule has 1 fully saturated rings. The van der Waals surface area contributed by atoms with Crippen molar-refractivity contribution < 1.29 is 9.90 Å². The van der Waals surface area contributed by atoms with Gasteiger partial charge in [0, 0.05) is 12.6 Å². The maximum atomic E-state index is 12.7. The lowest BCUT2D eigenvalue weighted by molar-refractivity contribution is -0.134. The van der Waals surface area contributed by atoms with E-state index in [4.69, 9.17) is 5.11 Å². The standard InChI is InChI=1S/C15H30N2O2/c1-4-6-15(7-9-16-10-8-15)14(19)17-13(5-11-18)12(2)3/h12-13,16,18H,4-11H2,1-3H3,(H,17,19). The van der Waals surface area contributed by atoms with Gasteiger partial charge < -0.3 is 15.7 Å². The van der Waals surface area contributed by atoms with E-state index in [0.29, 0.717) is 12.3 Å². The number of aliphatic hydroxyl groups excluding tert-OH is 1. The van der Waals surface area contributed by atoms with Crippen molar-refractivity contribution in [1.82, 2.24) is 10.6 Å². The van der Waals surface area contributed by atoms with E-state index in [9.17, 15) is 4.79 Å². The van der Waals surface area contributed by atoms with Crippen molar-refractivity contribution in [3.8, 4) is 0 Å². The van der Waals surface area contributed by atoms with Gasteiger partial charge in [-0.3, -0.25) is 4.79 Å². The Morgan fingerprint density at radius 3 is 2.47 bits per heavy atom. The molecule has 19 heavy (non-hydrogen) atoms. The minimum atomic E-state index is -0.192. The Kier molecular flexibility index (Phi) is 6.80. The van der Waals surface area contributed by atoms with E-state index in [-0.39, 0.29) is 24.0 Å². The van der Waals surface area contributed by atoms with Crippen molar-refractivity contribution in [1.29, 1.82) is 0 Å². The first kappa shape index (κ1) is 16.4. The second-order valence-electron chi connectivity index (χ2n) is 6.12. The second kappa shape index (κ2) is 7.85. The van der Waals surface area contributed by atoms with Crippen molar-refractivity contribution in [3.05, 3.63) is 0 Å². The summed E-state index contributed by atoms with van der Waals surface area (Å²) < 4.78 is 0. The molecular formula is C15H30N2O2. The van der Waals surface area contributed by atoms with Crippen LogP contribution in [0.2, 0.25) is 0 Å². The predicted octanol–water partition coefficient (Wildman–Crippen LogP) is 1.68. The van der Waals surface area contributed by atoms with Gasteiger partial charge in [0.2, 0.25) is 5.91 Å². The lowest BCUT2D eigenvalue weighted by Gasteiger charge is -2.38. The molecule has 1 amide bonds. The molecule has 0 bridgehead atoms. The molecule has 4 heteroatoms. The highest BCUT2D eigenvalue weighted by atomic mass is 16.3. The number of hydrogen-bond acceptors (Lipinski definition) is 3. The monoisotopic (exact) mass is 270 g/mol. The second-order valence-corrected chi connectivity index (χ2v) is 6.12. The third-order valence-electron chi connectivity index (χ3n) is 4.33. The van der Waals surface area contributed by atoms with Gasteiger partial charge in [-0.1, -0.05) is 27.2 Å². The van der Waals surface area contributed by atoms with Crippen LogP contribution in [0, 0.1) is 11.3 Å². The Bertz CT molecular complexity index is 268. The molecule has 0 aromatic heterocycles. The number of rotatable bonds is 7. The molecule has 1 aliphatic heterocycles. The van der Waals surface area contributed by atoms with Gasteiger partial charge >= 0.3 is 0 Å². The first-order valence-electron chi connectivity index (χ1n) is 7.68. The molecule has 0 saturated carbocycles. The van der Waals surface area contributed by atoms with E-state index in [1.165, 1.54) is 0 Å². The maximum absolute atomic E-state index is 12.7. The fourth-order valence-corrected chi connectivity index (χ4v) is 3.01. The van der Waals surface area contributed by atoms with E-state index in [1.54, 1.807) is 0 Å². The van der Waals surface area contributed by atoms with Crippen molar-refractivity contribution in [2.45, 2.75) is 58.9 Å². The molecule has 1 saturated heterocycles. The summed E-state index contributed by atoms with van der Waals surface area (Å²) in [5.41, 5.74) is -0.192. The normalized spacial score (nSPS) is 20.3. The van der Waals surface area contributed by atoms with Gasteiger partial charge in [0.1, 0.15) is 0 Å². The molecule has 1 heterocycles. The highest BCUT2D eigenvalue weighted by Gasteiger charge is 2.39. The van der Waals surface area contributed by atoms with Crippen LogP contribution in [0.1, 0.15) is 52.9 Å². The average Bonchev–Trinajstić information content (AvgIpc) is 2.39. The summed E-state index contributed by atoms with van der Waals surface area (Å²) in [7, 11) is 0. The first-order chi connectivity index (χ1) is 9.05. The van der Waals surface area contributed by atoms with Crippen LogP contribution in [0.3, 0.4) is 0 Å². The quantitative estimate of drug-likeness (QED) is 0.659. The molecule has 3 N–H and O–H groups in total. The molecule has 1 aliphatic rings. The molecule has 112 valence electrons. The molecular weight excluding hydrogens is 240 g/mol. The molecule has 1 unspecified atom stereocenters. The lowest BCUT2D eigenvalue weighted by Crippen LogP contribution is -2.51. The Balaban J connectivity index is 2.70. The zero-order valence-corrected chi connectivity index (χ0v) is 12.7. The number of carbonyl (C=O) groups is 1. The minimum absolute atomic E-state index is 0.0844. The molecule has 1 rings (SSSR count). The molecule has 0 aromatic rings. The number of hydrogen-bond donors (Lipinski definition) is 3. The van der Waals surface area contributed by atoms with Crippen molar-refractivity contribution in [2.75, 3.05) is 19.7 Å². The largest absolute Gasteiger partial charge is 0.396 e. The van der Waals surface area contributed by atoms with Gasteiger partial charge in [0.25, 0.3) is 0 Å². The third-order valence-corrected chi connectivity index (χ3v) is 4.33. The van der Waals surface area contributed by atoms with Gasteiger partial charge in [-0.05, 0) is 44.7 Å². The molecule has 0 aliphatic carbocycles. The van der Waals surface area contributed by atoms with Gasteiger partial charge in [-0.15, -0.1) is 0 Å². The van der Waals surface area contributed by atoms with E-state index in [0.717, 1.165) is 38.8 Å². The van der Waals surface area contributed by atoms with Gasteiger partial charge in [0.15, 0.2) is 0 Å². The van der Waals surface area contributed by atoms with Crippen molar-refractivity contribution in [3.63, 3.8) is 0 Å². The van der Waals surface area contributed by atoms with Crippen molar-refractivity contribution >= 4 is 5.91 Å². The number of carbonyl (C=O) groups excluding carboxylic acids is 1. The van der Waals surface area contributed by atoms with E-state index >= 15 is 0 Å².